The maximum absolute atomic E-state index is 11.7. The molecule has 0 aliphatic carbocycles. The van der Waals surface area contributed by atoms with Gasteiger partial charge in [0, 0.05) is 13.5 Å². The quantitative estimate of drug-likeness (QED) is 0.727. The molecular weight excluding hydrogens is 210 g/mol. The van der Waals surface area contributed by atoms with Crippen molar-refractivity contribution >= 4 is 5.91 Å². The summed E-state index contributed by atoms with van der Waals surface area (Å²) in [5.41, 5.74) is 1.10. The zero-order valence-corrected chi connectivity index (χ0v) is 10.7. The maximum atomic E-state index is 11.7. The van der Waals surface area contributed by atoms with Crippen LogP contribution >= 0.6 is 0 Å². The van der Waals surface area contributed by atoms with Gasteiger partial charge in [0.25, 0.3) is 0 Å². The Bertz CT molecular complexity index is 403. The van der Waals surface area contributed by atoms with Gasteiger partial charge in [-0.3, -0.25) is 4.79 Å². The lowest BCUT2D eigenvalue weighted by molar-refractivity contribution is -0.131. The fourth-order valence-corrected chi connectivity index (χ4v) is 1.83. The molecule has 0 radical (unpaired) electrons. The van der Waals surface area contributed by atoms with Crippen molar-refractivity contribution in [3.8, 4) is 12.3 Å². The molecule has 1 rings (SSSR count). The second-order valence-electron chi connectivity index (χ2n) is 4.49. The molecule has 0 heterocycles. The van der Waals surface area contributed by atoms with E-state index < -0.39 is 0 Å². The van der Waals surface area contributed by atoms with Crippen molar-refractivity contribution in [2.45, 2.75) is 33.4 Å². The smallest absolute Gasteiger partial charge is 0.220 e. The van der Waals surface area contributed by atoms with Gasteiger partial charge in [0.05, 0.1) is 6.04 Å². The predicted molar refractivity (Wildman–Crippen MR) is 70.1 cm³/mol. The molecule has 1 atom stereocenters. The van der Waals surface area contributed by atoms with Crippen molar-refractivity contribution in [2.75, 3.05) is 0 Å². The molecular formula is C15H19NO. The van der Waals surface area contributed by atoms with E-state index in [1.807, 2.05) is 44.2 Å². The van der Waals surface area contributed by atoms with Gasteiger partial charge in [-0.1, -0.05) is 50.1 Å². The third-order valence-electron chi connectivity index (χ3n) is 2.74. The van der Waals surface area contributed by atoms with Gasteiger partial charge in [0.2, 0.25) is 5.91 Å². The van der Waals surface area contributed by atoms with Crippen LogP contribution in [0.5, 0.6) is 0 Å². The number of benzene rings is 1. The van der Waals surface area contributed by atoms with Crippen LogP contribution < -0.4 is 0 Å². The maximum Gasteiger partial charge on any atom is 0.220 e. The van der Waals surface area contributed by atoms with Gasteiger partial charge in [0.1, 0.15) is 0 Å². The Morgan fingerprint density at radius 3 is 2.35 bits per heavy atom. The summed E-state index contributed by atoms with van der Waals surface area (Å²) in [5.74, 6) is 2.98. The molecule has 0 fully saturated rings. The van der Waals surface area contributed by atoms with Gasteiger partial charge in [-0.15, -0.1) is 6.42 Å². The number of carbonyl (C=O) groups is 1. The molecule has 0 saturated heterocycles. The summed E-state index contributed by atoms with van der Waals surface area (Å²) in [4.78, 5) is 13.4. The minimum absolute atomic E-state index is 0.0190. The van der Waals surface area contributed by atoms with E-state index >= 15 is 0 Å². The predicted octanol–water partition coefficient (Wildman–Crippen LogP) is 2.69. The molecule has 0 aliphatic rings. The largest absolute Gasteiger partial charge is 0.325 e. The zero-order valence-electron chi connectivity index (χ0n) is 10.7. The van der Waals surface area contributed by atoms with Crippen LogP contribution in [0.4, 0.5) is 0 Å². The van der Waals surface area contributed by atoms with Crippen LogP contribution in [-0.4, -0.2) is 16.8 Å². The van der Waals surface area contributed by atoms with Crippen LogP contribution in [-0.2, 0) is 11.3 Å². The van der Waals surface area contributed by atoms with Crippen LogP contribution in [0.15, 0.2) is 30.3 Å². The monoisotopic (exact) mass is 229 g/mol. The van der Waals surface area contributed by atoms with E-state index in [9.17, 15) is 4.79 Å². The SMILES string of the molecule is C#CC(C(C)C)N(Cc1ccccc1)C(C)=O. The first-order valence-electron chi connectivity index (χ1n) is 5.83. The van der Waals surface area contributed by atoms with Crippen LogP contribution in [0.2, 0.25) is 0 Å². The van der Waals surface area contributed by atoms with Gasteiger partial charge < -0.3 is 4.90 Å². The Hall–Kier alpha value is -1.75. The van der Waals surface area contributed by atoms with E-state index in [1.54, 1.807) is 11.8 Å². The average molecular weight is 229 g/mol. The number of carbonyl (C=O) groups excluding carboxylic acids is 1. The molecule has 0 spiro atoms. The normalized spacial score (nSPS) is 11.9. The Kier molecular flexibility index (Phi) is 4.78. The van der Waals surface area contributed by atoms with Crippen molar-refractivity contribution in [1.29, 1.82) is 0 Å². The van der Waals surface area contributed by atoms with E-state index in [-0.39, 0.29) is 17.9 Å². The van der Waals surface area contributed by atoms with Crippen molar-refractivity contribution in [1.82, 2.24) is 4.90 Å². The molecule has 0 saturated carbocycles. The average Bonchev–Trinajstić information content (AvgIpc) is 2.29. The van der Waals surface area contributed by atoms with Gasteiger partial charge in [-0.2, -0.15) is 0 Å². The van der Waals surface area contributed by atoms with Crippen LogP contribution in [0.25, 0.3) is 0 Å². The number of hydrogen-bond acceptors (Lipinski definition) is 1. The Morgan fingerprint density at radius 2 is 1.94 bits per heavy atom. The minimum Gasteiger partial charge on any atom is -0.325 e. The topological polar surface area (TPSA) is 20.3 Å². The zero-order chi connectivity index (χ0) is 12.8. The van der Waals surface area contributed by atoms with Crippen LogP contribution in [0.3, 0.4) is 0 Å². The van der Waals surface area contributed by atoms with Gasteiger partial charge in [-0.25, -0.2) is 0 Å². The summed E-state index contributed by atoms with van der Waals surface area (Å²) in [6.45, 7) is 6.20. The number of nitrogens with zero attached hydrogens (tertiary/aromatic N) is 1. The molecule has 17 heavy (non-hydrogen) atoms. The molecule has 2 nitrogen and oxygen atoms in total. The Morgan fingerprint density at radius 1 is 1.35 bits per heavy atom. The molecule has 0 N–H and O–H groups in total. The van der Waals surface area contributed by atoms with E-state index in [0.29, 0.717) is 6.54 Å². The summed E-state index contributed by atoms with van der Waals surface area (Å²) >= 11 is 0. The van der Waals surface area contributed by atoms with Crippen molar-refractivity contribution < 1.29 is 4.79 Å². The summed E-state index contributed by atoms with van der Waals surface area (Å²) in [7, 11) is 0. The summed E-state index contributed by atoms with van der Waals surface area (Å²) in [5, 5.41) is 0. The number of amides is 1. The summed E-state index contributed by atoms with van der Waals surface area (Å²) in [6, 6.07) is 9.76. The summed E-state index contributed by atoms with van der Waals surface area (Å²) < 4.78 is 0. The third kappa shape index (κ3) is 3.64. The van der Waals surface area contributed by atoms with Gasteiger partial charge in [0.15, 0.2) is 0 Å². The second-order valence-corrected chi connectivity index (χ2v) is 4.49. The second kappa shape index (κ2) is 6.10. The van der Waals surface area contributed by atoms with E-state index in [2.05, 4.69) is 5.92 Å². The third-order valence-corrected chi connectivity index (χ3v) is 2.74. The fourth-order valence-electron chi connectivity index (χ4n) is 1.83. The first-order chi connectivity index (χ1) is 8.06. The molecule has 1 amide bonds. The lowest BCUT2D eigenvalue weighted by Crippen LogP contribution is -2.40. The lowest BCUT2D eigenvalue weighted by atomic mass is 10.0. The van der Waals surface area contributed by atoms with E-state index in [1.165, 1.54) is 0 Å². The van der Waals surface area contributed by atoms with Gasteiger partial charge >= 0.3 is 0 Å². The Balaban J connectivity index is 2.88. The molecule has 1 unspecified atom stereocenters. The number of hydrogen-bond donors (Lipinski definition) is 0. The standard InChI is InChI=1S/C15H19NO/c1-5-15(12(2)3)16(13(4)17)11-14-9-7-6-8-10-14/h1,6-10,12,15H,11H2,2-4H3. The van der Waals surface area contributed by atoms with E-state index in [4.69, 9.17) is 6.42 Å². The number of terminal acetylenes is 1. The molecule has 0 aliphatic heterocycles. The van der Waals surface area contributed by atoms with Crippen LogP contribution in [0.1, 0.15) is 26.3 Å². The summed E-state index contributed by atoms with van der Waals surface area (Å²) in [6.07, 6.45) is 5.52. The fraction of sp³-hybridized carbons (Fsp3) is 0.400. The molecule has 0 bridgehead atoms. The van der Waals surface area contributed by atoms with Crippen molar-refractivity contribution in [3.05, 3.63) is 35.9 Å². The highest BCUT2D eigenvalue weighted by Crippen LogP contribution is 2.14. The first kappa shape index (κ1) is 13.3. The lowest BCUT2D eigenvalue weighted by Gasteiger charge is -2.30. The molecule has 90 valence electrons. The van der Waals surface area contributed by atoms with Crippen molar-refractivity contribution in [2.24, 2.45) is 5.92 Å². The highest BCUT2D eigenvalue weighted by atomic mass is 16.2. The molecule has 1 aromatic rings. The Labute approximate surface area is 104 Å². The first-order valence-corrected chi connectivity index (χ1v) is 5.83. The highest BCUT2D eigenvalue weighted by Gasteiger charge is 2.21. The highest BCUT2D eigenvalue weighted by molar-refractivity contribution is 5.74. The molecule has 0 aromatic heterocycles. The number of rotatable bonds is 4. The molecule has 1 aromatic carbocycles. The van der Waals surface area contributed by atoms with Crippen molar-refractivity contribution in [3.63, 3.8) is 0 Å². The van der Waals surface area contributed by atoms with Crippen LogP contribution in [0, 0.1) is 18.3 Å². The molecule has 2 heteroatoms. The van der Waals surface area contributed by atoms with E-state index in [0.717, 1.165) is 5.56 Å². The van der Waals surface area contributed by atoms with Gasteiger partial charge in [-0.05, 0) is 11.5 Å². The minimum atomic E-state index is -0.146.